The first kappa shape index (κ1) is 20.8. The molecule has 1 aromatic carbocycles. The van der Waals surface area contributed by atoms with E-state index in [9.17, 15) is 14.7 Å². The Balaban J connectivity index is 1.38. The third-order valence-corrected chi connectivity index (χ3v) is 6.28. The largest absolute Gasteiger partial charge is 0.489 e. The molecule has 0 spiro atoms. The maximum atomic E-state index is 12.8. The summed E-state index contributed by atoms with van der Waals surface area (Å²) in [6.45, 7) is 5.95. The summed E-state index contributed by atoms with van der Waals surface area (Å²) in [6, 6.07) is 9.16. The maximum absolute atomic E-state index is 12.8. The van der Waals surface area contributed by atoms with Gasteiger partial charge in [-0.25, -0.2) is 4.79 Å². The lowest BCUT2D eigenvalue weighted by atomic mass is 9.97. The average Bonchev–Trinajstić information content (AvgIpc) is 3.51. The lowest BCUT2D eigenvalue weighted by Gasteiger charge is -2.31. The molecule has 3 heterocycles. The number of aromatic nitrogens is 1. The van der Waals surface area contributed by atoms with Gasteiger partial charge >= 0.3 is 6.09 Å². The van der Waals surface area contributed by atoms with Crippen molar-refractivity contribution in [1.82, 2.24) is 10.3 Å². The van der Waals surface area contributed by atoms with Gasteiger partial charge in [0.25, 0.3) is 0 Å². The summed E-state index contributed by atoms with van der Waals surface area (Å²) in [5, 5.41) is 12.5. The van der Waals surface area contributed by atoms with Gasteiger partial charge in [0.1, 0.15) is 18.4 Å². The van der Waals surface area contributed by atoms with E-state index in [1.54, 1.807) is 11.1 Å². The molecule has 1 aliphatic carbocycles. The van der Waals surface area contributed by atoms with Crippen LogP contribution in [0.25, 0.3) is 11.1 Å². The molecule has 5 rings (SSSR count). The number of benzene rings is 1. The molecule has 2 fully saturated rings. The van der Waals surface area contributed by atoms with Crippen LogP contribution in [0.1, 0.15) is 39.3 Å². The molecule has 1 aromatic heterocycles. The molecule has 2 atom stereocenters. The molecular weight excluding hydrogens is 410 g/mol. The van der Waals surface area contributed by atoms with Crippen molar-refractivity contribution in [2.45, 2.75) is 56.7 Å². The van der Waals surface area contributed by atoms with Crippen LogP contribution in [0.15, 0.2) is 36.5 Å². The number of aliphatic hydroxyl groups excluding tert-OH is 1. The van der Waals surface area contributed by atoms with Crippen molar-refractivity contribution in [3.8, 4) is 16.9 Å². The van der Waals surface area contributed by atoms with Gasteiger partial charge in [0, 0.05) is 17.3 Å². The Hall–Kier alpha value is -3.13. The van der Waals surface area contributed by atoms with E-state index in [4.69, 9.17) is 9.47 Å². The number of pyridine rings is 1. The smallest absolute Gasteiger partial charge is 0.415 e. The Labute approximate surface area is 186 Å². The van der Waals surface area contributed by atoms with Crippen LogP contribution in [0.3, 0.4) is 0 Å². The van der Waals surface area contributed by atoms with Crippen molar-refractivity contribution < 1.29 is 24.2 Å². The Bertz CT molecular complexity index is 1070. The highest BCUT2D eigenvalue weighted by molar-refractivity contribution is 5.94. The average molecular weight is 437 g/mol. The second-order valence-electron chi connectivity index (χ2n) is 9.75. The number of hydrogen-bond donors (Lipinski definition) is 2. The van der Waals surface area contributed by atoms with Crippen LogP contribution in [0.5, 0.6) is 5.75 Å². The molecule has 0 radical (unpaired) electrons. The first-order valence-electron chi connectivity index (χ1n) is 10.9. The summed E-state index contributed by atoms with van der Waals surface area (Å²) >= 11 is 0. The van der Waals surface area contributed by atoms with E-state index in [1.165, 1.54) is 0 Å². The number of cyclic esters (lactones) is 1. The van der Waals surface area contributed by atoms with Gasteiger partial charge in [0.05, 0.1) is 23.4 Å². The van der Waals surface area contributed by atoms with E-state index in [-0.39, 0.29) is 30.7 Å². The van der Waals surface area contributed by atoms with E-state index in [1.807, 2.05) is 51.1 Å². The highest BCUT2D eigenvalue weighted by Crippen LogP contribution is 2.48. The van der Waals surface area contributed by atoms with Crippen LogP contribution < -0.4 is 15.0 Å². The number of anilines is 1. The molecule has 32 heavy (non-hydrogen) atoms. The molecule has 0 bridgehead atoms. The number of fused-ring (bicyclic) bond motifs is 3. The van der Waals surface area contributed by atoms with E-state index >= 15 is 0 Å². The first-order chi connectivity index (χ1) is 15.2. The molecule has 1 saturated heterocycles. The number of nitrogens with one attached hydrogen (secondary N) is 1. The lowest BCUT2D eigenvalue weighted by Crippen LogP contribution is -2.46. The van der Waals surface area contributed by atoms with Gasteiger partial charge < -0.3 is 19.9 Å². The Morgan fingerprint density at radius 2 is 2.00 bits per heavy atom. The first-order valence-corrected chi connectivity index (χ1v) is 10.9. The van der Waals surface area contributed by atoms with Crippen molar-refractivity contribution in [3.05, 3.63) is 42.2 Å². The summed E-state index contributed by atoms with van der Waals surface area (Å²) < 4.78 is 11.1. The lowest BCUT2D eigenvalue weighted by molar-refractivity contribution is -0.125. The highest BCUT2D eigenvalue weighted by Gasteiger charge is 2.53. The summed E-state index contributed by atoms with van der Waals surface area (Å²) in [6.07, 6.45) is 2.32. The van der Waals surface area contributed by atoms with Gasteiger partial charge in [-0.3, -0.25) is 14.7 Å². The zero-order valence-corrected chi connectivity index (χ0v) is 18.4. The number of nitrogens with zero attached hydrogens (tertiary/aromatic N) is 2. The molecule has 2 amide bonds. The van der Waals surface area contributed by atoms with Gasteiger partial charge in [0.2, 0.25) is 5.91 Å². The quantitative estimate of drug-likeness (QED) is 0.763. The number of hydrogen-bond acceptors (Lipinski definition) is 6. The summed E-state index contributed by atoms with van der Waals surface area (Å²) in [4.78, 5) is 31.2. The molecular formula is C24H27N3O5. The molecule has 0 unspecified atom stereocenters. The molecule has 8 heteroatoms. The van der Waals surface area contributed by atoms with Crippen LogP contribution in [0, 0.1) is 0 Å². The zero-order chi connectivity index (χ0) is 22.7. The van der Waals surface area contributed by atoms with Crippen molar-refractivity contribution in [2.75, 3.05) is 18.1 Å². The van der Waals surface area contributed by atoms with Crippen LogP contribution in [0.4, 0.5) is 10.5 Å². The van der Waals surface area contributed by atoms with Crippen molar-refractivity contribution in [2.24, 2.45) is 0 Å². The third kappa shape index (κ3) is 3.39. The Morgan fingerprint density at radius 1 is 1.25 bits per heavy atom. The van der Waals surface area contributed by atoms with Crippen molar-refractivity contribution in [1.29, 1.82) is 0 Å². The predicted octanol–water partition coefficient (Wildman–Crippen LogP) is 2.77. The van der Waals surface area contributed by atoms with E-state index in [0.29, 0.717) is 11.4 Å². The van der Waals surface area contributed by atoms with E-state index in [0.717, 1.165) is 29.7 Å². The molecule has 2 aromatic rings. The fourth-order valence-electron chi connectivity index (χ4n) is 4.40. The third-order valence-electron chi connectivity index (χ3n) is 6.28. The number of aliphatic hydroxyl groups is 1. The van der Waals surface area contributed by atoms with Crippen LogP contribution in [0.2, 0.25) is 0 Å². The molecule has 1 saturated carbocycles. The van der Waals surface area contributed by atoms with Crippen LogP contribution in [-0.4, -0.2) is 53.0 Å². The summed E-state index contributed by atoms with van der Waals surface area (Å²) in [5.41, 5.74) is 2.40. The van der Waals surface area contributed by atoms with Gasteiger partial charge in [-0.15, -0.1) is 0 Å². The SMILES string of the molecule is CC(C)(C)NC(=O)C1(c2ccc(-c3ccc4c(c3)OC[C@H]3[C@H](CO)OC(=O)N43)cn2)CC1. The van der Waals surface area contributed by atoms with Crippen molar-refractivity contribution in [3.63, 3.8) is 0 Å². The molecule has 168 valence electrons. The summed E-state index contributed by atoms with van der Waals surface area (Å²) in [7, 11) is 0. The zero-order valence-electron chi connectivity index (χ0n) is 18.4. The minimum absolute atomic E-state index is 0.0284. The summed E-state index contributed by atoms with van der Waals surface area (Å²) in [5.74, 6) is 0.613. The second-order valence-corrected chi connectivity index (χ2v) is 9.75. The number of carbonyl (C=O) groups is 2. The van der Waals surface area contributed by atoms with Gasteiger partial charge in [-0.2, -0.15) is 0 Å². The fourth-order valence-corrected chi connectivity index (χ4v) is 4.40. The van der Waals surface area contributed by atoms with Crippen LogP contribution in [-0.2, 0) is 14.9 Å². The van der Waals surface area contributed by atoms with Gasteiger partial charge in [-0.05, 0) is 57.4 Å². The standard InChI is InChI=1S/C24H27N3O5/c1-23(2,3)26-21(29)24(8-9-24)20-7-5-15(11-25-20)14-4-6-16-18(10-14)31-13-17-19(12-28)32-22(30)27(16)17/h4-7,10-11,17,19,28H,8-9,12-13H2,1-3H3,(H,26,29)/t17-,19-/m0/s1. The van der Waals surface area contributed by atoms with E-state index < -0.39 is 17.6 Å². The van der Waals surface area contributed by atoms with Gasteiger partial charge in [-0.1, -0.05) is 12.1 Å². The Morgan fingerprint density at radius 3 is 2.62 bits per heavy atom. The molecule has 2 aliphatic heterocycles. The highest BCUT2D eigenvalue weighted by atomic mass is 16.6. The minimum atomic E-state index is -0.586. The monoisotopic (exact) mass is 437 g/mol. The normalized spacial score (nSPS) is 23.0. The number of rotatable bonds is 4. The van der Waals surface area contributed by atoms with E-state index in [2.05, 4.69) is 10.3 Å². The minimum Gasteiger partial charge on any atom is -0.489 e. The second kappa shape index (κ2) is 7.20. The number of amides is 2. The predicted molar refractivity (Wildman–Crippen MR) is 118 cm³/mol. The molecule has 2 N–H and O–H groups in total. The number of carbonyl (C=O) groups excluding carboxylic acids is 2. The van der Waals surface area contributed by atoms with Gasteiger partial charge in [0.15, 0.2) is 6.10 Å². The fraction of sp³-hybridized carbons (Fsp3) is 0.458. The van der Waals surface area contributed by atoms with Crippen molar-refractivity contribution >= 4 is 17.7 Å². The molecule has 8 nitrogen and oxygen atoms in total. The Kier molecular flexibility index (Phi) is 4.67. The maximum Gasteiger partial charge on any atom is 0.415 e. The number of ether oxygens (including phenoxy) is 2. The molecule has 3 aliphatic rings. The van der Waals surface area contributed by atoms with Crippen LogP contribution >= 0.6 is 0 Å². The topological polar surface area (TPSA) is 101 Å².